The standard InChI is InChI=1S/C15H17ClN4O/c16-11-5-3-10(4-6-11)14(15(17)21)18-9-12-8-13-2-1-7-20(13)19-12/h3-6,8,14,18H,1-2,7,9H2,(H2,17,21). The first kappa shape index (κ1) is 14.1. The van der Waals surface area contributed by atoms with Gasteiger partial charge in [0.1, 0.15) is 6.04 Å². The normalized spacial score (nSPS) is 14.9. The van der Waals surface area contributed by atoms with E-state index in [1.54, 1.807) is 24.3 Å². The minimum Gasteiger partial charge on any atom is -0.368 e. The van der Waals surface area contributed by atoms with Crippen molar-refractivity contribution in [1.82, 2.24) is 15.1 Å². The number of nitrogens with two attached hydrogens (primary N) is 1. The highest BCUT2D eigenvalue weighted by atomic mass is 35.5. The summed E-state index contributed by atoms with van der Waals surface area (Å²) in [7, 11) is 0. The largest absolute Gasteiger partial charge is 0.368 e. The van der Waals surface area contributed by atoms with E-state index in [-0.39, 0.29) is 0 Å². The molecule has 3 N–H and O–H groups in total. The highest BCUT2D eigenvalue weighted by molar-refractivity contribution is 6.30. The molecule has 0 saturated carbocycles. The number of nitrogens with one attached hydrogen (secondary N) is 1. The van der Waals surface area contributed by atoms with E-state index in [1.807, 2.05) is 4.68 Å². The number of rotatable bonds is 5. The predicted octanol–water partition coefficient (Wildman–Crippen LogP) is 1.80. The van der Waals surface area contributed by atoms with Crippen molar-refractivity contribution in [3.8, 4) is 0 Å². The highest BCUT2D eigenvalue weighted by Crippen LogP contribution is 2.18. The molecule has 1 aliphatic rings. The number of carbonyl (C=O) groups excluding carboxylic acids is 1. The number of benzene rings is 1. The van der Waals surface area contributed by atoms with E-state index in [9.17, 15) is 4.79 Å². The lowest BCUT2D eigenvalue weighted by atomic mass is 10.1. The van der Waals surface area contributed by atoms with Crippen LogP contribution in [-0.4, -0.2) is 15.7 Å². The third-order valence-electron chi connectivity index (χ3n) is 3.69. The lowest BCUT2D eigenvalue weighted by Crippen LogP contribution is -2.33. The van der Waals surface area contributed by atoms with Crippen molar-refractivity contribution in [2.24, 2.45) is 5.73 Å². The summed E-state index contributed by atoms with van der Waals surface area (Å²) in [6, 6.07) is 8.65. The summed E-state index contributed by atoms with van der Waals surface area (Å²) < 4.78 is 2.03. The van der Waals surface area contributed by atoms with Gasteiger partial charge in [-0.05, 0) is 36.6 Å². The Bertz CT molecular complexity index is 629. The first-order chi connectivity index (χ1) is 10.1. The molecule has 0 fully saturated rings. The monoisotopic (exact) mass is 304 g/mol. The fourth-order valence-electron chi connectivity index (χ4n) is 2.65. The molecule has 110 valence electrons. The highest BCUT2D eigenvalue weighted by Gasteiger charge is 2.19. The van der Waals surface area contributed by atoms with E-state index in [2.05, 4.69) is 16.5 Å². The fourth-order valence-corrected chi connectivity index (χ4v) is 2.78. The number of carbonyl (C=O) groups is 1. The second-order valence-corrected chi connectivity index (χ2v) is 5.66. The van der Waals surface area contributed by atoms with Crippen LogP contribution >= 0.6 is 11.6 Å². The molecule has 1 unspecified atom stereocenters. The number of fused-ring (bicyclic) bond motifs is 1. The molecule has 1 aromatic carbocycles. The molecule has 21 heavy (non-hydrogen) atoms. The summed E-state index contributed by atoms with van der Waals surface area (Å²) in [4.78, 5) is 11.6. The van der Waals surface area contributed by atoms with Crippen molar-refractivity contribution >= 4 is 17.5 Å². The SMILES string of the molecule is NC(=O)C(NCc1cc2n(n1)CCC2)c1ccc(Cl)cc1. The maximum atomic E-state index is 11.6. The van der Waals surface area contributed by atoms with Crippen molar-refractivity contribution in [1.29, 1.82) is 0 Å². The van der Waals surface area contributed by atoms with Gasteiger partial charge < -0.3 is 5.73 Å². The average molecular weight is 305 g/mol. The first-order valence-electron chi connectivity index (χ1n) is 6.97. The van der Waals surface area contributed by atoms with Crippen molar-refractivity contribution in [2.75, 3.05) is 0 Å². The Morgan fingerprint density at radius 3 is 2.86 bits per heavy atom. The van der Waals surface area contributed by atoms with Crippen LogP contribution in [0.2, 0.25) is 5.02 Å². The number of hydrogen-bond donors (Lipinski definition) is 2. The molecule has 1 amide bonds. The summed E-state index contributed by atoms with van der Waals surface area (Å²) in [5.74, 6) is -0.413. The van der Waals surface area contributed by atoms with E-state index >= 15 is 0 Å². The number of hydrogen-bond acceptors (Lipinski definition) is 3. The summed E-state index contributed by atoms with van der Waals surface area (Å²) in [6.07, 6.45) is 2.23. The Morgan fingerprint density at radius 2 is 2.19 bits per heavy atom. The molecule has 2 heterocycles. The van der Waals surface area contributed by atoms with Crippen LogP contribution in [0.25, 0.3) is 0 Å². The van der Waals surface area contributed by atoms with Gasteiger partial charge in [0.15, 0.2) is 0 Å². The number of primary amides is 1. The van der Waals surface area contributed by atoms with Gasteiger partial charge in [0.05, 0.1) is 5.69 Å². The van der Waals surface area contributed by atoms with Crippen LogP contribution in [0.1, 0.15) is 29.4 Å². The average Bonchev–Trinajstić information content (AvgIpc) is 3.01. The third-order valence-corrected chi connectivity index (χ3v) is 3.94. The van der Waals surface area contributed by atoms with Gasteiger partial charge in [0, 0.05) is 23.8 Å². The van der Waals surface area contributed by atoms with Gasteiger partial charge in [0.25, 0.3) is 0 Å². The van der Waals surface area contributed by atoms with Crippen LogP contribution in [0.5, 0.6) is 0 Å². The first-order valence-corrected chi connectivity index (χ1v) is 7.35. The Kier molecular flexibility index (Phi) is 3.94. The summed E-state index contributed by atoms with van der Waals surface area (Å²) in [5, 5.41) is 8.31. The molecular formula is C15H17ClN4O. The zero-order valence-corrected chi connectivity index (χ0v) is 12.3. The van der Waals surface area contributed by atoms with Gasteiger partial charge in [-0.25, -0.2) is 0 Å². The molecular weight excluding hydrogens is 288 g/mol. The molecule has 1 aromatic heterocycles. The summed E-state index contributed by atoms with van der Waals surface area (Å²) in [5.41, 5.74) is 8.48. The minimum atomic E-state index is -0.543. The van der Waals surface area contributed by atoms with Crippen LogP contribution in [0, 0.1) is 0 Å². The maximum Gasteiger partial charge on any atom is 0.239 e. The van der Waals surface area contributed by atoms with Crippen LogP contribution in [0.4, 0.5) is 0 Å². The second-order valence-electron chi connectivity index (χ2n) is 5.22. The summed E-state index contributed by atoms with van der Waals surface area (Å²) in [6.45, 7) is 1.49. The number of nitrogens with zero attached hydrogens (tertiary/aromatic N) is 2. The van der Waals surface area contributed by atoms with Crippen molar-refractivity contribution in [2.45, 2.75) is 32.0 Å². The number of amides is 1. The molecule has 6 heteroatoms. The lowest BCUT2D eigenvalue weighted by molar-refractivity contribution is -0.120. The zero-order chi connectivity index (χ0) is 14.8. The van der Waals surface area contributed by atoms with Gasteiger partial charge in [-0.3, -0.25) is 14.8 Å². The number of aromatic nitrogens is 2. The number of halogens is 1. The molecule has 0 spiro atoms. The molecule has 0 saturated heterocycles. The molecule has 1 atom stereocenters. The van der Waals surface area contributed by atoms with Crippen molar-refractivity contribution in [3.05, 3.63) is 52.3 Å². The third kappa shape index (κ3) is 3.09. The van der Waals surface area contributed by atoms with E-state index in [0.717, 1.165) is 30.6 Å². The van der Waals surface area contributed by atoms with Crippen molar-refractivity contribution < 1.29 is 4.79 Å². The van der Waals surface area contributed by atoms with Gasteiger partial charge in [-0.15, -0.1) is 0 Å². The lowest BCUT2D eigenvalue weighted by Gasteiger charge is -2.15. The van der Waals surface area contributed by atoms with Crippen molar-refractivity contribution in [3.63, 3.8) is 0 Å². The molecule has 0 radical (unpaired) electrons. The Balaban J connectivity index is 1.70. The van der Waals surface area contributed by atoms with E-state index < -0.39 is 11.9 Å². The van der Waals surface area contributed by atoms with E-state index in [0.29, 0.717) is 11.6 Å². The van der Waals surface area contributed by atoms with Gasteiger partial charge in [-0.1, -0.05) is 23.7 Å². The molecule has 0 bridgehead atoms. The second kappa shape index (κ2) is 5.87. The van der Waals surface area contributed by atoms with Gasteiger partial charge in [0.2, 0.25) is 5.91 Å². The van der Waals surface area contributed by atoms with Crippen LogP contribution < -0.4 is 11.1 Å². The topological polar surface area (TPSA) is 72.9 Å². The van der Waals surface area contributed by atoms with E-state index in [4.69, 9.17) is 17.3 Å². The molecule has 3 rings (SSSR count). The Morgan fingerprint density at radius 1 is 1.43 bits per heavy atom. The van der Waals surface area contributed by atoms with Crippen LogP contribution in [-0.2, 0) is 24.3 Å². The summed E-state index contributed by atoms with van der Waals surface area (Å²) >= 11 is 5.86. The Labute approximate surface area is 128 Å². The molecule has 2 aromatic rings. The fraction of sp³-hybridized carbons (Fsp3) is 0.333. The molecule has 0 aliphatic carbocycles. The molecule has 1 aliphatic heterocycles. The van der Waals surface area contributed by atoms with Crippen LogP contribution in [0.15, 0.2) is 30.3 Å². The predicted molar refractivity (Wildman–Crippen MR) is 80.8 cm³/mol. The van der Waals surface area contributed by atoms with Gasteiger partial charge >= 0.3 is 0 Å². The smallest absolute Gasteiger partial charge is 0.239 e. The molecule has 5 nitrogen and oxygen atoms in total. The van der Waals surface area contributed by atoms with Crippen LogP contribution in [0.3, 0.4) is 0 Å². The van der Waals surface area contributed by atoms with Gasteiger partial charge in [-0.2, -0.15) is 5.10 Å². The number of aryl methyl sites for hydroxylation is 2. The zero-order valence-electron chi connectivity index (χ0n) is 11.6. The minimum absolute atomic E-state index is 0.413. The van der Waals surface area contributed by atoms with E-state index in [1.165, 1.54) is 5.69 Å². The Hall–Kier alpha value is -1.85. The quantitative estimate of drug-likeness (QED) is 0.884. The maximum absolute atomic E-state index is 11.6.